The average Bonchev–Trinajstić information content (AvgIpc) is 0.758. The minimum atomic E-state index is -5.19. The van der Waals surface area contributed by atoms with E-state index in [4.69, 9.17) is 62.4 Å². The van der Waals surface area contributed by atoms with Gasteiger partial charge >= 0.3 is 12.1 Å². The maximum atomic E-state index is 13.2. The second kappa shape index (κ2) is 34.2. The molecule has 2 fully saturated rings. The Labute approximate surface area is 530 Å². The first-order valence-electron chi connectivity index (χ1n) is 28.5. The van der Waals surface area contributed by atoms with Gasteiger partial charge in [0.1, 0.15) is 56.8 Å². The van der Waals surface area contributed by atoms with Gasteiger partial charge in [0.05, 0.1) is 30.8 Å². The van der Waals surface area contributed by atoms with Crippen LogP contribution in [0.25, 0.3) is 66.8 Å². The number of methoxy groups -OCH3 is 1. The zero-order valence-electron chi connectivity index (χ0n) is 51.8. The predicted molar refractivity (Wildman–Crippen MR) is 335 cm³/mol. The fraction of sp³-hybridized carbons (Fsp3) is 0.348. The number of esters is 1. The second-order valence-electron chi connectivity index (χ2n) is 22.5. The minimum absolute atomic E-state index is 0. The number of hydrogen-bond acceptors (Lipinski definition) is 14. The molecule has 18 nitrogen and oxygen atoms in total. The van der Waals surface area contributed by atoms with Crippen LogP contribution in [-0.4, -0.2) is 124 Å². The molecule has 4 aliphatic carbocycles. The van der Waals surface area contributed by atoms with Crippen molar-refractivity contribution in [3.8, 4) is 44.9 Å². The third kappa shape index (κ3) is 18.8. The highest BCUT2D eigenvalue weighted by Gasteiger charge is 2.30. The summed E-state index contributed by atoms with van der Waals surface area (Å²) in [6.07, 6.45) is 1.63. The third-order valence-electron chi connectivity index (χ3n) is 15.6. The fourth-order valence-corrected chi connectivity index (χ4v) is 10.7. The standard InChI is InChI=1S/C32H36N4O4.C31H34N4O4.C2HF3O2.CH4.3F2/c1-35(2)22-11-14-25-28(17-22)40-29-18-23(36(3)4)12-15-26(29)30(25)24-13-6-19(16-27(24)32(38)39-5)31(37)34-21-9-7-20(33)8-10-21;1-34(2)21-10-13-24-27(16-21)39-28-17-22(35(3)4)11-14-25(28)29(24)23-12-5-18(15-26(23)31(37)38)30(36)33-20-8-6-19(32)7-9-20;3-2(4,5)1(6)7;;3*1-2/h6,11-18,20-21H,7-10,33H2,1-5H3;5,10-17,19-20H,6-9,32H2,1-4H3,(H-,33,36,37,38);(H,6,7);1H4;;;. The van der Waals surface area contributed by atoms with Crippen molar-refractivity contribution in [1.82, 2.24) is 19.8 Å². The number of nitrogens with two attached hydrogens (primary N) is 2. The Morgan fingerprint density at radius 3 is 1.19 bits per heavy atom. The van der Waals surface area contributed by atoms with E-state index in [9.17, 15) is 37.5 Å². The maximum Gasteiger partial charge on any atom is 0.430 e. The molecule has 4 aromatic rings. The number of carbonyl (C=O) groups excluding carboxylic acids is 5. The maximum absolute atomic E-state index is 13.2. The molecule has 4 aromatic carbocycles. The van der Waals surface area contributed by atoms with E-state index in [1.54, 1.807) is 24.3 Å². The van der Waals surface area contributed by atoms with Crippen molar-refractivity contribution in [2.75, 3.05) is 73.3 Å². The summed E-state index contributed by atoms with van der Waals surface area (Å²) in [5.41, 5.74) is 20.6. The van der Waals surface area contributed by atoms with E-state index >= 15 is 0 Å². The number of carbonyl (C=O) groups is 5. The van der Waals surface area contributed by atoms with Gasteiger partial charge in [-0.15, -0.1) is 0 Å². The smallest absolute Gasteiger partial charge is 0.430 e. The van der Waals surface area contributed by atoms with Crippen molar-refractivity contribution in [1.29, 1.82) is 0 Å². The molecule has 27 heteroatoms. The van der Waals surface area contributed by atoms with Crippen molar-refractivity contribution in [2.24, 2.45) is 11.5 Å². The van der Waals surface area contributed by atoms with Gasteiger partial charge in [0.15, 0.2) is 0 Å². The topological polar surface area (TPSA) is 256 Å². The van der Waals surface area contributed by atoms with Crippen LogP contribution in [0.5, 0.6) is 0 Å². The number of aliphatic carboxylic acids is 1. The number of rotatable bonds is 10. The van der Waals surface area contributed by atoms with Crippen LogP contribution in [0.1, 0.15) is 100 Å². The lowest BCUT2D eigenvalue weighted by atomic mass is 9.89. The number of benzene rings is 6. The van der Waals surface area contributed by atoms with Crippen LogP contribution in [0, 0.1) is 0 Å². The summed E-state index contributed by atoms with van der Waals surface area (Å²) in [5, 5.41) is 31.0. The Balaban J connectivity index is 0.000000332. The first-order chi connectivity index (χ1) is 43.7. The van der Waals surface area contributed by atoms with Gasteiger partial charge in [-0.1, -0.05) is 19.6 Å². The van der Waals surface area contributed by atoms with Gasteiger partial charge in [-0.25, -0.2) is 13.9 Å². The Bertz CT molecular complexity index is 3980. The molecule has 0 unspecified atom stereocenters. The summed E-state index contributed by atoms with van der Waals surface area (Å²) < 4.78 is 102. The van der Waals surface area contributed by atoms with Crippen LogP contribution in [0.3, 0.4) is 0 Å². The molecule has 0 atom stereocenters. The first kappa shape index (κ1) is 76.0. The zero-order chi connectivity index (χ0) is 68.5. The summed E-state index contributed by atoms with van der Waals surface area (Å²) in [6.45, 7) is 0. The number of carboxylic acids is 2. The number of hydrogen-bond donors (Lipinski definition) is 4. The summed E-state index contributed by atoms with van der Waals surface area (Å²) in [6, 6.07) is 34.3. The van der Waals surface area contributed by atoms with Crippen LogP contribution in [0.2, 0.25) is 0 Å². The molecule has 2 amide bonds. The van der Waals surface area contributed by atoms with Crippen molar-refractivity contribution in [2.45, 2.75) is 89.1 Å². The van der Waals surface area contributed by atoms with Gasteiger partial charge in [-0.05, 0) is 123 Å². The summed E-state index contributed by atoms with van der Waals surface area (Å²) >= 11 is 0. The molecule has 93 heavy (non-hydrogen) atoms. The second-order valence-corrected chi connectivity index (χ2v) is 22.5. The molecule has 10 rings (SSSR count). The van der Waals surface area contributed by atoms with E-state index in [2.05, 4.69) is 10.6 Å². The SMILES string of the molecule is C.CN(C)c1ccc2c(-c3ccc(C(=O)NC4CCC(N)CC4)cc3C(=O)[O-])c3ccc(=[N+](C)C)cc-3oc2c1.COC(=O)c1cc(C(=O)NC2CCC(N)CC2)ccc1-c1c2ccc(=[N+](C)C)cc-2oc2cc(N(C)C)ccc12.FF.FF.FF.O=C([O-])C(F)(F)F. The molecule has 0 aromatic heterocycles. The van der Waals surface area contributed by atoms with Crippen LogP contribution in [-0.2, 0) is 9.53 Å². The van der Waals surface area contributed by atoms with E-state index in [1.807, 2.05) is 154 Å². The van der Waals surface area contributed by atoms with Crippen LogP contribution < -0.4 is 62.0 Å². The lowest BCUT2D eigenvalue weighted by Crippen LogP contribution is -2.40. The van der Waals surface area contributed by atoms with E-state index in [0.29, 0.717) is 50.5 Å². The van der Waals surface area contributed by atoms with Crippen LogP contribution >= 0.6 is 0 Å². The number of nitrogens with zero attached hydrogens (tertiary/aromatic N) is 4. The van der Waals surface area contributed by atoms with E-state index in [1.165, 1.54) is 13.2 Å². The molecule has 2 aliphatic heterocycles. The number of alkyl halides is 3. The summed E-state index contributed by atoms with van der Waals surface area (Å²) in [7, 11) is 17.1. The van der Waals surface area contributed by atoms with Gasteiger partial charge in [0.2, 0.25) is 10.7 Å². The number of carboxylic acid groups (broad SMARTS) is 2. The van der Waals surface area contributed by atoms with Gasteiger partial charge < -0.3 is 65.3 Å². The number of halogens is 9. The predicted octanol–water partition coefficient (Wildman–Crippen LogP) is 9.21. The third-order valence-corrected chi connectivity index (χ3v) is 15.6. The molecule has 0 spiro atoms. The van der Waals surface area contributed by atoms with Crippen molar-refractivity contribution in [3.63, 3.8) is 0 Å². The number of aromatic carboxylic acids is 1. The molecule has 2 heterocycles. The van der Waals surface area contributed by atoms with Gasteiger partial charge in [-0.2, -0.15) is 13.2 Å². The van der Waals surface area contributed by atoms with Crippen molar-refractivity contribution >= 4 is 63.0 Å². The molecule has 502 valence electrons. The van der Waals surface area contributed by atoms with E-state index < -0.39 is 24.1 Å². The van der Waals surface area contributed by atoms with Gasteiger partial charge in [-0.3, -0.25) is 9.59 Å². The fourth-order valence-electron chi connectivity index (χ4n) is 10.7. The highest BCUT2D eigenvalue weighted by atomic mass is 20.0. The highest BCUT2D eigenvalue weighted by Crippen LogP contribution is 2.44. The molecular formula is C66H75F9N8O10. The minimum Gasteiger partial charge on any atom is -0.545 e. The number of nitrogens with one attached hydrogen (secondary N) is 2. The molecule has 2 saturated carbocycles. The Morgan fingerprint density at radius 1 is 0.527 bits per heavy atom. The lowest BCUT2D eigenvalue weighted by molar-refractivity contribution is -0.344. The van der Waals surface area contributed by atoms with Crippen molar-refractivity contribution in [3.05, 3.63) is 142 Å². The van der Waals surface area contributed by atoms with Gasteiger partial charge in [0, 0.05) is 165 Å². The average molecular weight is 1310 g/mol. The number of amides is 2. The molecular weight excluding hydrogens is 1240 g/mol. The molecule has 6 aliphatic rings. The van der Waals surface area contributed by atoms with Crippen molar-refractivity contribution < 1.29 is 88.4 Å². The molecule has 0 bridgehead atoms. The Hall–Kier alpha value is -9.50. The number of fused-ring (bicyclic) bond motifs is 4. The summed E-state index contributed by atoms with van der Waals surface area (Å²) in [4.78, 5) is 64.7. The molecule has 0 saturated heterocycles. The molecule has 6 N–H and O–H groups in total. The normalized spacial score (nSPS) is 15.6. The van der Waals surface area contributed by atoms with E-state index in [-0.39, 0.29) is 54.5 Å². The first-order valence-corrected chi connectivity index (χ1v) is 28.5. The quantitative estimate of drug-likeness (QED) is 0.0431. The lowest BCUT2D eigenvalue weighted by Gasteiger charge is -2.27. The Kier molecular flexibility index (Phi) is 28.0. The van der Waals surface area contributed by atoms with Crippen LogP contribution in [0.15, 0.2) is 118 Å². The summed E-state index contributed by atoms with van der Waals surface area (Å²) in [5.74, 6) is -4.05. The monoisotopic (exact) mass is 1310 g/mol. The zero-order valence-corrected chi connectivity index (χ0v) is 51.8. The highest BCUT2D eigenvalue weighted by molar-refractivity contribution is 6.11. The largest absolute Gasteiger partial charge is 0.545 e. The Morgan fingerprint density at radius 2 is 0.871 bits per heavy atom. The van der Waals surface area contributed by atoms with E-state index in [0.717, 1.165) is 101 Å². The number of ether oxygens (including phenoxy) is 1. The molecule has 0 radical (unpaired) electrons. The van der Waals surface area contributed by atoms with Gasteiger partial charge in [0.25, 0.3) is 11.8 Å². The number of anilines is 2. The van der Waals surface area contributed by atoms with Crippen LogP contribution in [0.4, 0.5) is 52.0 Å².